The molecule has 3 rings (SSSR count). The van der Waals surface area contributed by atoms with Crippen molar-refractivity contribution in [1.82, 2.24) is 14.9 Å². The quantitative estimate of drug-likeness (QED) is 0.774. The van der Waals surface area contributed by atoms with Gasteiger partial charge in [0.15, 0.2) is 0 Å². The number of thiophene rings is 1. The van der Waals surface area contributed by atoms with Gasteiger partial charge in [-0.15, -0.1) is 21.5 Å². The van der Waals surface area contributed by atoms with Crippen molar-refractivity contribution < 1.29 is 12.8 Å². The van der Waals surface area contributed by atoms with Gasteiger partial charge in [0.25, 0.3) is 10.0 Å². The molecule has 0 bridgehead atoms. The molecule has 0 spiro atoms. The average molecular weight is 335 g/mol. The van der Waals surface area contributed by atoms with E-state index in [1.807, 2.05) is 31.2 Å². The molecule has 0 unspecified atom stereocenters. The molecular formula is C14H13N3O3S2. The van der Waals surface area contributed by atoms with Crippen molar-refractivity contribution in [2.75, 3.05) is 0 Å². The zero-order chi connectivity index (χ0) is 15.6. The van der Waals surface area contributed by atoms with Crippen LogP contribution in [0.3, 0.4) is 0 Å². The third kappa shape index (κ3) is 3.08. The van der Waals surface area contributed by atoms with E-state index in [-0.39, 0.29) is 16.6 Å². The zero-order valence-electron chi connectivity index (χ0n) is 11.7. The van der Waals surface area contributed by atoms with Crippen LogP contribution in [-0.4, -0.2) is 18.6 Å². The van der Waals surface area contributed by atoms with E-state index in [9.17, 15) is 8.42 Å². The van der Waals surface area contributed by atoms with E-state index in [2.05, 4.69) is 14.9 Å². The smallest absolute Gasteiger partial charge is 0.250 e. The lowest BCUT2D eigenvalue weighted by molar-refractivity contribution is 0.494. The minimum Gasteiger partial charge on any atom is -0.419 e. The Hall–Kier alpha value is -2.03. The molecule has 22 heavy (non-hydrogen) atoms. The van der Waals surface area contributed by atoms with Crippen molar-refractivity contribution in [2.45, 2.75) is 17.7 Å². The lowest BCUT2D eigenvalue weighted by atomic mass is 10.1. The van der Waals surface area contributed by atoms with Crippen LogP contribution in [0.1, 0.15) is 11.5 Å². The molecule has 1 N–H and O–H groups in total. The number of aromatic nitrogens is 2. The van der Waals surface area contributed by atoms with Gasteiger partial charge < -0.3 is 4.42 Å². The topological polar surface area (TPSA) is 85.1 Å². The van der Waals surface area contributed by atoms with Crippen LogP contribution in [0.2, 0.25) is 0 Å². The molecule has 0 aliphatic rings. The normalized spacial score (nSPS) is 11.7. The average Bonchev–Trinajstić information content (AvgIpc) is 3.18. The third-order valence-corrected chi connectivity index (χ3v) is 5.81. The van der Waals surface area contributed by atoms with Gasteiger partial charge in [0.05, 0.1) is 6.54 Å². The number of sulfonamides is 1. The molecule has 0 amide bonds. The number of nitrogens with one attached hydrogen (secondary N) is 1. The molecule has 0 radical (unpaired) electrons. The largest absolute Gasteiger partial charge is 0.419 e. The predicted octanol–water partition coefficient (Wildman–Crippen LogP) is 2.59. The van der Waals surface area contributed by atoms with Gasteiger partial charge in [0.1, 0.15) is 4.21 Å². The number of hydrogen-bond acceptors (Lipinski definition) is 6. The Bertz CT molecular complexity index is 870. The Morgan fingerprint density at radius 3 is 2.73 bits per heavy atom. The molecule has 6 nitrogen and oxygen atoms in total. The maximum absolute atomic E-state index is 12.0. The second-order valence-corrected chi connectivity index (χ2v) is 7.51. The molecule has 0 saturated heterocycles. The molecule has 1 aromatic carbocycles. The first-order chi connectivity index (χ1) is 10.6. The standard InChI is InChI=1S/C14H13N3O3S2/c1-10-5-2-3-6-11(10)14-17-16-12(20-14)9-15-22(18,19)13-7-4-8-21-13/h2-8,15H,9H2,1H3. The SMILES string of the molecule is Cc1ccccc1-c1nnc(CNS(=O)(=O)c2cccs2)o1. The summed E-state index contributed by atoms with van der Waals surface area (Å²) in [6, 6.07) is 10.8. The summed E-state index contributed by atoms with van der Waals surface area (Å²) in [5.41, 5.74) is 1.85. The van der Waals surface area contributed by atoms with Crippen molar-refractivity contribution in [3.05, 3.63) is 53.2 Å². The molecule has 0 fully saturated rings. The van der Waals surface area contributed by atoms with Crippen LogP contribution in [0.5, 0.6) is 0 Å². The predicted molar refractivity (Wildman–Crippen MR) is 82.8 cm³/mol. The number of nitrogens with zero attached hydrogens (tertiary/aromatic N) is 2. The van der Waals surface area contributed by atoms with Gasteiger partial charge >= 0.3 is 0 Å². The summed E-state index contributed by atoms with van der Waals surface area (Å²) in [4.78, 5) is 0. The highest BCUT2D eigenvalue weighted by Gasteiger charge is 2.17. The summed E-state index contributed by atoms with van der Waals surface area (Å²) in [6.45, 7) is 1.90. The van der Waals surface area contributed by atoms with Crippen molar-refractivity contribution in [3.63, 3.8) is 0 Å². The molecule has 3 aromatic rings. The van der Waals surface area contributed by atoms with Gasteiger partial charge in [-0.1, -0.05) is 24.3 Å². The number of rotatable bonds is 5. The molecule has 0 atom stereocenters. The van der Waals surface area contributed by atoms with E-state index in [0.29, 0.717) is 5.89 Å². The van der Waals surface area contributed by atoms with E-state index in [0.717, 1.165) is 22.5 Å². The Balaban J connectivity index is 1.74. The fourth-order valence-electron chi connectivity index (χ4n) is 1.89. The van der Waals surface area contributed by atoms with E-state index < -0.39 is 10.0 Å². The van der Waals surface area contributed by atoms with Crippen LogP contribution in [0.15, 0.2) is 50.4 Å². The first-order valence-corrected chi connectivity index (χ1v) is 8.84. The Labute approximate surface area is 131 Å². The highest BCUT2D eigenvalue weighted by molar-refractivity contribution is 7.91. The Morgan fingerprint density at radius 2 is 2.00 bits per heavy atom. The Morgan fingerprint density at radius 1 is 1.18 bits per heavy atom. The highest BCUT2D eigenvalue weighted by Crippen LogP contribution is 2.22. The van der Waals surface area contributed by atoms with Crippen molar-refractivity contribution in [3.8, 4) is 11.5 Å². The first kappa shape index (κ1) is 14.9. The highest BCUT2D eigenvalue weighted by atomic mass is 32.2. The minimum atomic E-state index is -3.54. The summed E-state index contributed by atoms with van der Waals surface area (Å²) in [5.74, 6) is 0.599. The van der Waals surface area contributed by atoms with Crippen LogP contribution in [0.25, 0.3) is 11.5 Å². The summed E-state index contributed by atoms with van der Waals surface area (Å²) in [7, 11) is -3.54. The third-order valence-electron chi connectivity index (χ3n) is 3.02. The van der Waals surface area contributed by atoms with Crippen LogP contribution in [0.4, 0.5) is 0 Å². The van der Waals surface area contributed by atoms with Gasteiger partial charge in [0.2, 0.25) is 11.8 Å². The summed E-state index contributed by atoms with van der Waals surface area (Å²) in [6.07, 6.45) is 0. The van der Waals surface area contributed by atoms with Crippen molar-refractivity contribution >= 4 is 21.4 Å². The van der Waals surface area contributed by atoms with Gasteiger partial charge in [-0.2, -0.15) is 0 Å². The van der Waals surface area contributed by atoms with Crippen LogP contribution < -0.4 is 4.72 Å². The molecule has 0 aliphatic heterocycles. The molecule has 8 heteroatoms. The lowest BCUT2D eigenvalue weighted by Gasteiger charge is -2.01. The molecule has 0 aliphatic carbocycles. The van der Waals surface area contributed by atoms with Crippen LogP contribution in [0, 0.1) is 6.92 Å². The number of hydrogen-bond donors (Lipinski definition) is 1. The monoisotopic (exact) mass is 335 g/mol. The summed E-state index contributed by atoms with van der Waals surface area (Å²) < 4.78 is 32.2. The van der Waals surface area contributed by atoms with Gasteiger partial charge in [-0.25, -0.2) is 13.1 Å². The van der Waals surface area contributed by atoms with Crippen LogP contribution >= 0.6 is 11.3 Å². The molecular weight excluding hydrogens is 322 g/mol. The van der Waals surface area contributed by atoms with Crippen molar-refractivity contribution in [2.24, 2.45) is 0 Å². The Kier molecular flexibility index (Phi) is 4.06. The van der Waals surface area contributed by atoms with Crippen LogP contribution in [-0.2, 0) is 16.6 Å². The minimum absolute atomic E-state index is 0.0425. The van der Waals surface area contributed by atoms with Gasteiger partial charge in [-0.05, 0) is 30.0 Å². The maximum atomic E-state index is 12.0. The second-order valence-electron chi connectivity index (χ2n) is 4.57. The van der Waals surface area contributed by atoms with Gasteiger partial charge in [0, 0.05) is 5.56 Å². The first-order valence-electron chi connectivity index (χ1n) is 6.48. The second kappa shape index (κ2) is 5.99. The van der Waals surface area contributed by atoms with Crippen molar-refractivity contribution in [1.29, 1.82) is 0 Å². The molecule has 0 saturated carbocycles. The number of benzene rings is 1. The molecule has 2 aromatic heterocycles. The van der Waals surface area contributed by atoms with E-state index in [1.165, 1.54) is 0 Å². The zero-order valence-corrected chi connectivity index (χ0v) is 13.3. The van der Waals surface area contributed by atoms with Gasteiger partial charge in [-0.3, -0.25) is 0 Å². The van der Waals surface area contributed by atoms with E-state index in [4.69, 9.17) is 4.42 Å². The summed E-state index contributed by atoms with van der Waals surface area (Å²) in [5, 5.41) is 9.55. The fraction of sp³-hybridized carbons (Fsp3) is 0.143. The summed E-state index contributed by atoms with van der Waals surface area (Å²) >= 11 is 1.15. The molecule has 114 valence electrons. The lowest BCUT2D eigenvalue weighted by Crippen LogP contribution is -2.22. The van der Waals surface area contributed by atoms with E-state index in [1.54, 1.807) is 17.5 Å². The molecule has 2 heterocycles. The fourth-order valence-corrected chi connectivity index (χ4v) is 3.90. The number of aryl methyl sites for hydroxylation is 1. The van der Waals surface area contributed by atoms with E-state index >= 15 is 0 Å². The maximum Gasteiger partial charge on any atom is 0.250 e.